The van der Waals surface area contributed by atoms with Crippen molar-refractivity contribution in [3.05, 3.63) is 22.2 Å². The Labute approximate surface area is 155 Å². The van der Waals surface area contributed by atoms with Gasteiger partial charge in [0.1, 0.15) is 0 Å². The highest BCUT2D eigenvalue weighted by Crippen LogP contribution is 2.35. The highest BCUT2D eigenvalue weighted by molar-refractivity contribution is 9.10. The first-order valence-electron chi connectivity index (χ1n) is 7.54. The van der Waals surface area contributed by atoms with Crippen LogP contribution in [0.1, 0.15) is 5.56 Å². The SMILES string of the molecule is COc1ccc(/C=N/NC(=S)NCCN2CCOCC2)c(Br)c1O. The van der Waals surface area contributed by atoms with E-state index in [4.69, 9.17) is 21.7 Å². The smallest absolute Gasteiger partial charge is 0.187 e. The second kappa shape index (κ2) is 9.77. The van der Waals surface area contributed by atoms with Gasteiger partial charge in [0.2, 0.25) is 0 Å². The second-order valence-corrected chi connectivity index (χ2v) is 6.30. The van der Waals surface area contributed by atoms with Gasteiger partial charge in [0.05, 0.1) is 31.0 Å². The molecular formula is C15H21BrN4O3S. The number of aromatic hydroxyl groups is 1. The minimum atomic E-state index is 0.0349. The molecule has 0 bridgehead atoms. The molecule has 1 saturated heterocycles. The predicted molar refractivity (Wildman–Crippen MR) is 101 cm³/mol. The van der Waals surface area contributed by atoms with Crippen LogP contribution in [-0.2, 0) is 4.74 Å². The lowest BCUT2D eigenvalue weighted by atomic mass is 10.2. The summed E-state index contributed by atoms with van der Waals surface area (Å²) in [7, 11) is 1.50. The first-order valence-corrected chi connectivity index (χ1v) is 8.74. The number of morpholine rings is 1. The number of hydrogen-bond donors (Lipinski definition) is 3. The summed E-state index contributed by atoms with van der Waals surface area (Å²) in [6.07, 6.45) is 1.57. The molecule has 0 aromatic heterocycles. The van der Waals surface area contributed by atoms with Crippen LogP contribution in [-0.4, -0.2) is 67.8 Å². The van der Waals surface area contributed by atoms with Gasteiger partial charge < -0.3 is 19.9 Å². The molecule has 132 valence electrons. The molecule has 0 radical (unpaired) electrons. The molecule has 0 amide bonds. The Bertz CT molecular complexity index is 594. The topological polar surface area (TPSA) is 78.4 Å². The van der Waals surface area contributed by atoms with Crippen molar-refractivity contribution < 1.29 is 14.6 Å². The summed E-state index contributed by atoms with van der Waals surface area (Å²) < 4.78 is 10.9. The van der Waals surface area contributed by atoms with Gasteiger partial charge in [-0.3, -0.25) is 10.3 Å². The van der Waals surface area contributed by atoms with Gasteiger partial charge in [-0.1, -0.05) is 0 Å². The molecule has 2 rings (SSSR count). The molecular weight excluding hydrogens is 396 g/mol. The molecule has 0 spiro atoms. The van der Waals surface area contributed by atoms with Gasteiger partial charge in [-0.15, -0.1) is 0 Å². The average molecular weight is 417 g/mol. The molecule has 3 N–H and O–H groups in total. The first kappa shape index (κ1) is 18.9. The summed E-state index contributed by atoms with van der Waals surface area (Å²) in [6, 6.07) is 3.45. The second-order valence-electron chi connectivity index (χ2n) is 5.10. The van der Waals surface area contributed by atoms with Crippen molar-refractivity contribution in [2.45, 2.75) is 0 Å². The third kappa shape index (κ3) is 5.59. The molecule has 7 nitrogen and oxygen atoms in total. The van der Waals surface area contributed by atoms with Crippen LogP contribution >= 0.6 is 28.1 Å². The van der Waals surface area contributed by atoms with E-state index in [-0.39, 0.29) is 5.75 Å². The Morgan fingerprint density at radius 2 is 2.25 bits per heavy atom. The maximum Gasteiger partial charge on any atom is 0.187 e. The highest BCUT2D eigenvalue weighted by atomic mass is 79.9. The van der Waals surface area contributed by atoms with Crippen LogP contribution in [0.3, 0.4) is 0 Å². The van der Waals surface area contributed by atoms with Crippen molar-refractivity contribution in [3.63, 3.8) is 0 Å². The Morgan fingerprint density at radius 3 is 2.96 bits per heavy atom. The predicted octanol–water partition coefficient (Wildman–Crippen LogP) is 1.29. The number of phenolic OH excluding ortho intramolecular Hbond substituents is 1. The summed E-state index contributed by atoms with van der Waals surface area (Å²) in [5, 5.41) is 17.5. The van der Waals surface area contributed by atoms with Crippen LogP contribution in [0.4, 0.5) is 0 Å². The van der Waals surface area contributed by atoms with Crippen LogP contribution in [0.25, 0.3) is 0 Å². The normalized spacial score (nSPS) is 15.4. The van der Waals surface area contributed by atoms with E-state index in [2.05, 4.69) is 36.7 Å². The van der Waals surface area contributed by atoms with Crippen molar-refractivity contribution >= 4 is 39.5 Å². The number of hydrogen-bond acceptors (Lipinski definition) is 6. The lowest BCUT2D eigenvalue weighted by molar-refractivity contribution is 0.0389. The van der Waals surface area contributed by atoms with Gasteiger partial charge in [0.15, 0.2) is 16.6 Å². The number of rotatable bonds is 6. The van der Waals surface area contributed by atoms with E-state index in [0.717, 1.165) is 39.4 Å². The number of nitrogens with one attached hydrogen (secondary N) is 2. The van der Waals surface area contributed by atoms with Gasteiger partial charge in [0.25, 0.3) is 0 Å². The fourth-order valence-electron chi connectivity index (χ4n) is 2.18. The summed E-state index contributed by atoms with van der Waals surface area (Å²) >= 11 is 8.49. The number of hydrazone groups is 1. The summed E-state index contributed by atoms with van der Waals surface area (Å²) in [5.74, 6) is 0.431. The lowest BCUT2D eigenvalue weighted by Gasteiger charge is -2.26. The first-order chi connectivity index (χ1) is 11.6. The monoisotopic (exact) mass is 416 g/mol. The number of phenols is 1. The largest absolute Gasteiger partial charge is 0.503 e. The summed E-state index contributed by atoms with van der Waals surface area (Å²) in [4.78, 5) is 2.32. The van der Waals surface area contributed by atoms with Crippen molar-refractivity contribution in [1.29, 1.82) is 0 Å². The Morgan fingerprint density at radius 1 is 1.50 bits per heavy atom. The lowest BCUT2D eigenvalue weighted by Crippen LogP contribution is -2.42. The molecule has 1 aromatic carbocycles. The molecule has 1 fully saturated rings. The van der Waals surface area contributed by atoms with E-state index in [1.54, 1.807) is 18.3 Å². The van der Waals surface area contributed by atoms with E-state index >= 15 is 0 Å². The van der Waals surface area contributed by atoms with E-state index < -0.39 is 0 Å². The van der Waals surface area contributed by atoms with Crippen molar-refractivity contribution in [2.24, 2.45) is 5.10 Å². The minimum Gasteiger partial charge on any atom is -0.503 e. The molecule has 1 aromatic rings. The quantitative estimate of drug-likeness (QED) is 0.366. The number of ether oxygens (including phenoxy) is 2. The maximum absolute atomic E-state index is 9.92. The minimum absolute atomic E-state index is 0.0349. The number of nitrogens with zero attached hydrogens (tertiary/aromatic N) is 2. The van der Waals surface area contributed by atoms with Crippen LogP contribution in [0.5, 0.6) is 11.5 Å². The van der Waals surface area contributed by atoms with E-state index in [1.807, 2.05) is 0 Å². The molecule has 0 unspecified atom stereocenters. The van der Waals surface area contributed by atoms with E-state index in [0.29, 0.717) is 20.9 Å². The zero-order chi connectivity index (χ0) is 17.4. The zero-order valence-electron chi connectivity index (χ0n) is 13.4. The molecule has 1 aliphatic rings. The summed E-state index contributed by atoms with van der Waals surface area (Å²) in [5.41, 5.74) is 3.46. The highest BCUT2D eigenvalue weighted by Gasteiger charge is 2.10. The van der Waals surface area contributed by atoms with Gasteiger partial charge >= 0.3 is 0 Å². The number of thiocarbonyl (C=S) groups is 1. The summed E-state index contributed by atoms with van der Waals surface area (Å²) in [6.45, 7) is 5.14. The molecule has 1 aliphatic heterocycles. The molecule has 0 aliphatic carbocycles. The fraction of sp³-hybridized carbons (Fsp3) is 0.467. The van der Waals surface area contributed by atoms with Crippen LogP contribution in [0.2, 0.25) is 0 Å². The maximum atomic E-state index is 9.92. The molecule has 24 heavy (non-hydrogen) atoms. The van der Waals surface area contributed by atoms with Crippen LogP contribution in [0, 0.1) is 0 Å². The Hall–Kier alpha value is -1.42. The van der Waals surface area contributed by atoms with Gasteiger partial charge in [0, 0.05) is 31.7 Å². The van der Waals surface area contributed by atoms with Gasteiger partial charge in [-0.25, -0.2) is 0 Å². The Kier molecular flexibility index (Phi) is 7.70. The third-order valence-electron chi connectivity index (χ3n) is 3.52. The standard InChI is InChI=1S/C15H21BrN4O3S/c1-22-12-3-2-11(13(16)14(12)21)10-18-19-15(24)17-4-5-20-6-8-23-9-7-20/h2-3,10,21H,4-9H2,1H3,(H2,17,19,24)/b18-10+. The molecule has 9 heteroatoms. The van der Waals surface area contributed by atoms with Crippen molar-refractivity contribution in [1.82, 2.24) is 15.6 Å². The van der Waals surface area contributed by atoms with E-state index in [9.17, 15) is 5.11 Å². The number of benzene rings is 1. The molecule has 0 atom stereocenters. The number of methoxy groups -OCH3 is 1. The zero-order valence-corrected chi connectivity index (χ0v) is 15.8. The molecule has 1 heterocycles. The average Bonchev–Trinajstić information content (AvgIpc) is 2.60. The van der Waals surface area contributed by atoms with Crippen molar-refractivity contribution in [2.75, 3.05) is 46.5 Å². The fourth-order valence-corrected chi connectivity index (χ4v) is 2.76. The number of halogens is 1. The third-order valence-corrected chi connectivity index (χ3v) is 4.58. The van der Waals surface area contributed by atoms with Crippen LogP contribution in [0.15, 0.2) is 21.7 Å². The van der Waals surface area contributed by atoms with Gasteiger partial charge in [-0.05, 0) is 40.3 Å². The van der Waals surface area contributed by atoms with Crippen molar-refractivity contribution in [3.8, 4) is 11.5 Å². The van der Waals surface area contributed by atoms with Crippen LogP contribution < -0.4 is 15.5 Å². The van der Waals surface area contributed by atoms with E-state index in [1.165, 1.54) is 7.11 Å². The van der Waals surface area contributed by atoms with Gasteiger partial charge in [-0.2, -0.15) is 5.10 Å². The molecule has 0 saturated carbocycles. The Balaban J connectivity index is 1.75.